The van der Waals surface area contributed by atoms with Gasteiger partial charge in [-0.3, -0.25) is 14.9 Å². The lowest BCUT2D eigenvalue weighted by Gasteiger charge is -2.47. The fraction of sp³-hybridized carbons (Fsp3) is 0.415. The van der Waals surface area contributed by atoms with Gasteiger partial charge in [-0.15, -0.1) is 0 Å². The summed E-state index contributed by atoms with van der Waals surface area (Å²) in [6, 6.07) is 40.5. The van der Waals surface area contributed by atoms with Crippen LogP contribution in [0, 0.1) is 16.0 Å². The molecule has 2 aliphatic carbocycles. The second-order valence-corrected chi connectivity index (χ2v) is 29.9. The molecular weight excluding hydrogens is 1040 g/mol. The zero-order valence-corrected chi connectivity index (χ0v) is 49.6. The van der Waals surface area contributed by atoms with Crippen molar-refractivity contribution >= 4 is 35.7 Å². The number of methoxy groups -OCH3 is 1. The Morgan fingerprint density at radius 3 is 1.80 bits per heavy atom. The number of nitro groups is 1. The zero-order valence-electron chi connectivity index (χ0n) is 47.8. The Hall–Kier alpha value is -6.65. The van der Waals surface area contributed by atoms with Crippen LogP contribution in [0.15, 0.2) is 174 Å². The Bertz CT molecular complexity index is 2990. The molecule has 80 heavy (non-hydrogen) atoms. The van der Waals surface area contributed by atoms with E-state index in [9.17, 15) is 33.2 Å². The molecular formula is C65H80N2O11SSi. The Kier molecular flexibility index (Phi) is 20.4. The third-order valence-corrected chi connectivity index (χ3v) is 24.5. The Morgan fingerprint density at radius 1 is 0.787 bits per heavy atom. The summed E-state index contributed by atoms with van der Waals surface area (Å²) < 4.78 is 56.8. The first-order valence-electron chi connectivity index (χ1n) is 28.1. The monoisotopic (exact) mass is 1120 g/mol. The van der Waals surface area contributed by atoms with Gasteiger partial charge in [-0.2, -0.15) is 0 Å². The van der Waals surface area contributed by atoms with Gasteiger partial charge in [0, 0.05) is 23.5 Å². The third kappa shape index (κ3) is 13.4. The van der Waals surface area contributed by atoms with Gasteiger partial charge in [0.15, 0.2) is 15.6 Å². The first-order chi connectivity index (χ1) is 38.2. The summed E-state index contributed by atoms with van der Waals surface area (Å²) in [6.07, 6.45) is 10.2. The predicted octanol–water partition coefficient (Wildman–Crippen LogP) is 14.4. The molecule has 7 rings (SSSR count). The third-order valence-electron chi connectivity index (χ3n) is 16.3. The maximum atomic E-state index is 14.9. The molecule has 1 amide bonds. The van der Waals surface area contributed by atoms with Crippen molar-refractivity contribution < 1.29 is 46.7 Å². The topological polar surface area (TPSA) is 181 Å². The predicted molar refractivity (Wildman–Crippen MR) is 317 cm³/mol. The highest BCUT2D eigenvalue weighted by Gasteiger charge is 2.55. The van der Waals surface area contributed by atoms with Crippen LogP contribution in [0.25, 0.3) is 0 Å². The van der Waals surface area contributed by atoms with Crippen molar-refractivity contribution in [2.45, 2.75) is 157 Å². The lowest BCUT2D eigenvalue weighted by Crippen LogP contribution is -2.53. The molecule has 2 N–H and O–H groups in total. The number of carbonyl (C=O) groups is 2. The maximum absolute atomic E-state index is 14.9. The van der Waals surface area contributed by atoms with E-state index in [1.807, 2.05) is 86.7 Å². The molecule has 0 aliphatic heterocycles. The molecule has 1 fully saturated rings. The number of allylic oxidation sites excluding steroid dienone is 2. The van der Waals surface area contributed by atoms with Crippen LogP contribution >= 0.6 is 0 Å². The van der Waals surface area contributed by atoms with E-state index in [0.717, 1.165) is 42.0 Å². The molecule has 4 atom stereocenters. The molecule has 13 nitrogen and oxygen atoms in total. The molecule has 15 heteroatoms. The summed E-state index contributed by atoms with van der Waals surface area (Å²) in [4.78, 5) is 40.1. The van der Waals surface area contributed by atoms with E-state index in [-0.39, 0.29) is 58.2 Å². The molecule has 0 spiro atoms. The van der Waals surface area contributed by atoms with Crippen molar-refractivity contribution in [2.24, 2.45) is 5.92 Å². The number of hydrogen-bond acceptors (Lipinski definition) is 11. The number of phenols is 1. The number of nitro benzene ring substituents is 1. The first-order valence-corrected chi connectivity index (χ1v) is 31.8. The molecule has 0 bridgehead atoms. The molecule has 426 valence electrons. The molecule has 1 unspecified atom stereocenters. The number of hydrogen-bond donors (Lipinski definition) is 2. The fourth-order valence-corrected chi connectivity index (χ4v) is 19.3. The average molecular weight is 1130 g/mol. The summed E-state index contributed by atoms with van der Waals surface area (Å²) in [5.74, 6) is -2.15. The van der Waals surface area contributed by atoms with Gasteiger partial charge in [0.1, 0.15) is 23.0 Å². The number of amides is 1. The summed E-state index contributed by atoms with van der Waals surface area (Å²) >= 11 is 0. The number of sulfone groups is 1. The number of carbonyl (C=O) groups excluding carboxylic acids is 2. The van der Waals surface area contributed by atoms with Gasteiger partial charge >= 0.3 is 11.7 Å². The molecule has 0 heterocycles. The van der Waals surface area contributed by atoms with E-state index in [4.69, 9.17) is 18.6 Å². The summed E-state index contributed by atoms with van der Waals surface area (Å²) in [6.45, 7) is 17.1. The number of phenolic OH excluding ortho intramolecular Hbond substituents is 1. The Balaban J connectivity index is 1.32. The zero-order chi connectivity index (χ0) is 57.8. The Labute approximate surface area is 474 Å². The van der Waals surface area contributed by atoms with Crippen molar-refractivity contribution in [1.82, 2.24) is 5.32 Å². The van der Waals surface area contributed by atoms with E-state index in [2.05, 4.69) is 83.3 Å². The highest BCUT2D eigenvalue weighted by molar-refractivity contribution is 7.91. The average Bonchev–Trinajstić information content (AvgIpc) is 4.28. The SMILES string of the molecule is COc1cc(C(C/C=C(/C)[C@H](O[Si](C(C)C)(C(C)C)C(C)C)[C@@H](C)[C@H](C/C=C/COC(c2ccccc2)(c2ccccc2)c2ccccc2)OC(=O)C2(NC(=O)C3=CCCCC3)CC2)S(=O)(=O)c2ccccc2)c(O)c([N+](=O)[O-])c1. The largest absolute Gasteiger partial charge is 0.502 e. The highest BCUT2D eigenvalue weighted by Crippen LogP contribution is 2.48. The normalized spacial score (nSPS) is 16.4. The van der Waals surface area contributed by atoms with Crippen LogP contribution in [-0.2, 0) is 38.9 Å². The molecule has 2 aliphatic rings. The van der Waals surface area contributed by atoms with E-state index >= 15 is 0 Å². The number of esters is 1. The summed E-state index contributed by atoms with van der Waals surface area (Å²) in [5.41, 5.74) is 1.42. The van der Waals surface area contributed by atoms with Crippen LogP contribution in [0.4, 0.5) is 5.69 Å². The fourth-order valence-electron chi connectivity index (χ4n) is 11.9. The highest BCUT2D eigenvalue weighted by atomic mass is 32.2. The van der Waals surface area contributed by atoms with Crippen LogP contribution in [0.3, 0.4) is 0 Å². The van der Waals surface area contributed by atoms with Crippen LogP contribution in [-0.4, -0.2) is 70.1 Å². The molecule has 0 saturated heterocycles. The van der Waals surface area contributed by atoms with Crippen molar-refractivity contribution in [3.63, 3.8) is 0 Å². The first kappa shape index (κ1) is 61.0. The van der Waals surface area contributed by atoms with Gasteiger partial charge in [-0.1, -0.05) is 182 Å². The van der Waals surface area contributed by atoms with Gasteiger partial charge < -0.3 is 29.1 Å². The van der Waals surface area contributed by atoms with Crippen molar-refractivity contribution in [3.05, 3.63) is 201 Å². The number of rotatable bonds is 27. The second kappa shape index (κ2) is 26.7. The maximum Gasteiger partial charge on any atom is 0.332 e. The summed E-state index contributed by atoms with van der Waals surface area (Å²) in [7, 11) is -5.84. The lowest BCUT2D eigenvalue weighted by atomic mass is 9.80. The minimum Gasteiger partial charge on any atom is -0.502 e. The number of nitrogens with zero attached hydrogens (tertiary/aromatic N) is 1. The second-order valence-electron chi connectivity index (χ2n) is 22.3. The lowest BCUT2D eigenvalue weighted by molar-refractivity contribution is -0.386. The van der Waals surface area contributed by atoms with E-state index in [1.54, 1.807) is 24.3 Å². The van der Waals surface area contributed by atoms with Gasteiger partial charge in [0.05, 0.1) is 41.0 Å². The standard InChI is InChI=1S/C65H80N2O11SSi/c1-45(2)80(46(3)4,47(5)6)78-61(48(7)38-39-59(79(73,74)55-35-23-14-24-36-55)56-43-54(75-9)44-57(60(56)68)67(71)72)49(8)58(77-63(70)64(40-41-64)66-62(69)50-27-15-10-16-28-50)37-25-26-42-76-65(51-29-17-11-18-30-51,52-31-19-12-20-32-52)53-33-21-13-22-34-53/h11-14,17-27,29-36,38,43-47,49,58-59,61,68H,10,15-16,28,37,39-42H2,1-9H3,(H,66,69)/b26-25+,48-38-/t49-,58-,59?,61-/m0/s1. The Morgan fingerprint density at radius 2 is 1.32 bits per heavy atom. The molecule has 5 aromatic rings. The van der Waals surface area contributed by atoms with Gasteiger partial charge in [0.25, 0.3) is 0 Å². The van der Waals surface area contributed by atoms with Crippen molar-refractivity contribution in [2.75, 3.05) is 13.7 Å². The number of benzene rings is 5. The van der Waals surface area contributed by atoms with Crippen LogP contribution in [0.5, 0.6) is 11.5 Å². The molecule has 1 saturated carbocycles. The van der Waals surface area contributed by atoms with E-state index in [0.29, 0.717) is 30.4 Å². The van der Waals surface area contributed by atoms with Crippen molar-refractivity contribution in [1.29, 1.82) is 0 Å². The number of ether oxygens (including phenoxy) is 3. The summed E-state index contributed by atoms with van der Waals surface area (Å²) in [5, 5.41) is 25.4. The van der Waals surface area contributed by atoms with E-state index < -0.39 is 75.0 Å². The van der Waals surface area contributed by atoms with Crippen LogP contribution in [0.1, 0.15) is 134 Å². The van der Waals surface area contributed by atoms with Gasteiger partial charge in [-0.05, 0) is 109 Å². The van der Waals surface area contributed by atoms with Gasteiger partial charge in [0.2, 0.25) is 14.2 Å². The minimum absolute atomic E-state index is 0.00367. The molecule has 5 aromatic carbocycles. The quantitative estimate of drug-likeness (QED) is 0.0128. The van der Waals surface area contributed by atoms with Gasteiger partial charge in [-0.25, -0.2) is 13.2 Å². The van der Waals surface area contributed by atoms with Crippen LogP contribution in [0.2, 0.25) is 16.6 Å². The number of nitrogens with one attached hydrogen (secondary N) is 1. The minimum atomic E-state index is -4.35. The van der Waals surface area contributed by atoms with Crippen molar-refractivity contribution in [3.8, 4) is 11.5 Å². The van der Waals surface area contributed by atoms with E-state index in [1.165, 1.54) is 25.3 Å². The molecule has 0 radical (unpaired) electrons. The molecule has 0 aromatic heterocycles. The number of aromatic hydroxyl groups is 1. The smallest absolute Gasteiger partial charge is 0.332 e. The van der Waals surface area contributed by atoms with Crippen LogP contribution < -0.4 is 10.1 Å².